The monoisotopic (exact) mass is 215 g/mol. The lowest BCUT2D eigenvalue weighted by molar-refractivity contribution is -0.147. The lowest BCUT2D eigenvalue weighted by Gasteiger charge is -2.25. The first kappa shape index (κ1) is 12.5. The first-order chi connectivity index (χ1) is 7.08. The van der Waals surface area contributed by atoms with E-state index in [1.807, 2.05) is 6.92 Å². The van der Waals surface area contributed by atoms with Crippen molar-refractivity contribution in [2.75, 3.05) is 19.8 Å². The van der Waals surface area contributed by atoms with Crippen molar-refractivity contribution < 1.29 is 14.6 Å². The molecular weight excluding hydrogens is 194 g/mol. The summed E-state index contributed by atoms with van der Waals surface area (Å²) in [7, 11) is 0. The van der Waals surface area contributed by atoms with E-state index in [2.05, 4.69) is 5.32 Å². The summed E-state index contributed by atoms with van der Waals surface area (Å²) in [5.74, 6) is -0.166. The molecule has 4 nitrogen and oxygen atoms in total. The van der Waals surface area contributed by atoms with Gasteiger partial charge in [-0.2, -0.15) is 0 Å². The molecule has 0 saturated heterocycles. The van der Waals surface area contributed by atoms with E-state index >= 15 is 0 Å². The van der Waals surface area contributed by atoms with Crippen LogP contribution >= 0.6 is 0 Å². The summed E-state index contributed by atoms with van der Waals surface area (Å²) in [4.78, 5) is 11.1. The summed E-state index contributed by atoms with van der Waals surface area (Å²) in [6.07, 6.45) is 3.38. The number of carbonyl (C=O) groups is 1. The van der Waals surface area contributed by atoms with Gasteiger partial charge in [0.15, 0.2) is 0 Å². The van der Waals surface area contributed by atoms with Crippen LogP contribution in [0.3, 0.4) is 0 Å². The first-order valence-electron chi connectivity index (χ1n) is 5.64. The van der Waals surface area contributed by atoms with Crippen molar-refractivity contribution in [3.05, 3.63) is 0 Å². The highest BCUT2D eigenvalue weighted by atomic mass is 16.5. The quantitative estimate of drug-likeness (QED) is 0.640. The lowest BCUT2D eigenvalue weighted by Crippen LogP contribution is -2.53. The largest absolute Gasteiger partial charge is 0.480 e. The van der Waals surface area contributed by atoms with Crippen molar-refractivity contribution in [3.8, 4) is 0 Å². The molecule has 0 amide bonds. The molecule has 0 heterocycles. The number of hydrogen-bond acceptors (Lipinski definition) is 3. The van der Waals surface area contributed by atoms with Crippen LogP contribution in [0.25, 0.3) is 0 Å². The Labute approximate surface area is 91.0 Å². The number of carboxylic acids is 1. The number of carboxylic acid groups (broad SMARTS) is 1. The zero-order valence-electron chi connectivity index (χ0n) is 9.58. The first-order valence-corrected chi connectivity index (χ1v) is 5.64. The molecule has 15 heavy (non-hydrogen) atoms. The number of ether oxygens (including phenoxy) is 1. The summed E-state index contributed by atoms with van der Waals surface area (Å²) in [6, 6.07) is 0. The Morgan fingerprint density at radius 1 is 1.60 bits per heavy atom. The van der Waals surface area contributed by atoms with Crippen LogP contribution in [0.4, 0.5) is 0 Å². The molecule has 0 aliphatic heterocycles. The number of rotatable bonds is 8. The van der Waals surface area contributed by atoms with Crippen molar-refractivity contribution in [1.82, 2.24) is 5.32 Å². The Hall–Kier alpha value is -0.610. The van der Waals surface area contributed by atoms with E-state index in [4.69, 9.17) is 9.84 Å². The third-order valence-electron chi connectivity index (χ3n) is 2.68. The second-order valence-corrected chi connectivity index (χ2v) is 4.52. The second-order valence-electron chi connectivity index (χ2n) is 4.52. The van der Waals surface area contributed by atoms with Gasteiger partial charge in [-0.25, -0.2) is 0 Å². The number of hydrogen-bond donors (Lipinski definition) is 2. The predicted octanol–water partition coefficient (Wildman–Crippen LogP) is 1.26. The fourth-order valence-electron chi connectivity index (χ4n) is 1.30. The molecule has 1 saturated carbocycles. The Balaban J connectivity index is 2.29. The predicted molar refractivity (Wildman–Crippen MR) is 57.9 cm³/mol. The molecule has 1 aliphatic carbocycles. The molecule has 1 aliphatic rings. The van der Waals surface area contributed by atoms with Crippen LogP contribution in [0.5, 0.6) is 0 Å². The fourth-order valence-corrected chi connectivity index (χ4v) is 1.30. The Morgan fingerprint density at radius 3 is 2.73 bits per heavy atom. The molecular formula is C11H21NO3. The molecule has 0 aromatic heterocycles. The Bertz CT molecular complexity index is 216. The highest BCUT2D eigenvalue weighted by Crippen LogP contribution is 2.29. The normalized spacial score (nSPS) is 19.9. The van der Waals surface area contributed by atoms with Gasteiger partial charge in [0.25, 0.3) is 0 Å². The summed E-state index contributed by atoms with van der Waals surface area (Å²) in [5, 5.41) is 12.1. The van der Waals surface area contributed by atoms with Gasteiger partial charge in [-0.15, -0.1) is 0 Å². The highest BCUT2D eigenvalue weighted by Gasteiger charge is 2.33. The molecule has 0 spiro atoms. The molecule has 0 bridgehead atoms. The second kappa shape index (κ2) is 5.47. The third kappa shape index (κ3) is 4.18. The minimum absolute atomic E-state index is 0.249. The average molecular weight is 215 g/mol. The molecule has 1 atom stereocenters. The van der Waals surface area contributed by atoms with Gasteiger partial charge in [-0.05, 0) is 38.6 Å². The zero-order chi connectivity index (χ0) is 11.3. The molecule has 4 heteroatoms. The van der Waals surface area contributed by atoms with E-state index in [0.29, 0.717) is 19.1 Å². The Morgan fingerprint density at radius 2 is 2.27 bits per heavy atom. The van der Waals surface area contributed by atoms with Gasteiger partial charge in [-0.3, -0.25) is 4.79 Å². The van der Waals surface area contributed by atoms with Crippen molar-refractivity contribution in [3.63, 3.8) is 0 Å². The van der Waals surface area contributed by atoms with Gasteiger partial charge < -0.3 is 15.2 Å². The zero-order valence-corrected chi connectivity index (χ0v) is 9.58. The summed E-state index contributed by atoms with van der Waals surface area (Å²) in [6.45, 7) is 5.35. The van der Waals surface area contributed by atoms with Crippen LogP contribution in [0.2, 0.25) is 0 Å². The van der Waals surface area contributed by atoms with E-state index in [-0.39, 0.29) is 6.61 Å². The van der Waals surface area contributed by atoms with Crippen molar-refractivity contribution >= 4 is 5.97 Å². The minimum atomic E-state index is -0.940. The third-order valence-corrected chi connectivity index (χ3v) is 2.68. The molecule has 88 valence electrons. The summed E-state index contributed by atoms with van der Waals surface area (Å²) >= 11 is 0. The molecule has 2 N–H and O–H groups in total. The smallest absolute Gasteiger partial charge is 0.326 e. The lowest BCUT2D eigenvalue weighted by atomic mass is 10.0. The van der Waals surface area contributed by atoms with Gasteiger partial charge >= 0.3 is 5.97 Å². The minimum Gasteiger partial charge on any atom is -0.480 e. The molecule has 1 rings (SSSR count). The topological polar surface area (TPSA) is 58.6 Å². The number of aliphatic carboxylic acids is 1. The van der Waals surface area contributed by atoms with E-state index in [0.717, 1.165) is 6.42 Å². The highest BCUT2D eigenvalue weighted by molar-refractivity contribution is 5.78. The van der Waals surface area contributed by atoms with E-state index in [9.17, 15) is 4.79 Å². The molecule has 1 unspecified atom stereocenters. The van der Waals surface area contributed by atoms with Crippen LogP contribution in [0, 0.1) is 5.92 Å². The summed E-state index contributed by atoms with van der Waals surface area (Å²) < 4.78 is 5.44. The SMILES string of the molecule is CCCNC(C)(COCC1CC1)C(=O)O. The Kier molecular flexibility index (Phi) is 4.54. The molecule has 0 aromatic carbocycles. The molecule has 0 aromatic rings. The van der Waals surface area contributed by atoms with E-state index in [1.54, 1.807) is 6.92 Å². The van der Waals surface area contributed by atoms with Crippen LogP contribution in [0.1, 0.15) is 33.1 Å². The standard InChI is InChI=1S/C11H21NO3/c1-3-6-12-11(2,10(13)14)8-15-7-9-4-5-9/h9,12H,3-8H2,1-2H3,(H,13,14). The summed E-state index contributed by atoms with van der Waals surface area (Å²) in [5.41, 5.74) is -0.940. The van der Waals surface area contributed by atoms with Crippen LogP contribution in [0.15, 0.2) is 0 Å². The van der Waals surface area contributed by atoms with Crippen molar-refractivity contribution in [2.24, 2.45) is 5.92 Å². The number of nitrogens with one attached hydrogen (secondary N) is 1. The van der Waals surface area contributed by atoms with E-state index < -0.39 is 11.5 Å². The molecule has 1 fully saturated rings. The van der Waals surface area contributed by atoms with Gasteiger partial charge in [0.2, 0.25) is 0 Å². The molecule has 0 radical (unpaired) electrons. The maximum absolute atomic E-state index is 11.1. The van der Waals surface area contributed by atoms with Crippen molar-refractivity contribution in [2.45, 2.75) is 38.6 Å². The maximum Gasteiger partial charge on any atom is 0.326 e. The van der Waals surface area contributed by atoms with Crippen LogP contribution < -0.4 is 5.32 Å². The van der Waals surface area contributed by atoms with Gasteiger partial charge in [0, 0.05) is 6.61 Å². The maximum atomic E-state index is 11.1. The van der Waals surface area contributed by atoms with Gasteiger partial charge in [0.1, 0.15) is 5.54 Å². The average Bonchev–Trinajstić information content (AvgIpc) is 2.98. The fraction of sp³-hybridized carbons (Fsp3) is 0.909. The van der Waals surface area contributed by atoms with Gasteiger partial charge in [-0.1, -0.05) is 6.92 Å². The van der Waals surface area contributed by atoms with Gasteiger partial charge in [0.05, 0.1) is 6.61 Å². The van der Waals surface area contributed by atoms with Crippen LogP contribution in [-0.4, -0.2) is 36.4 Å². The van der Waals surface area contributed by atoms with E-state index in [1.165, 1.54) is 12.8 Å². The van der Waals surface area contributed by atoms with Crippen LogP contribution in [-0.2, 0) is 9.53 Å². The van der Waals surface area contributed by atoms with Crippen molar-refractivity contribution in [1.29, 1.82) is 0 Å².